The molecule has 0 aromatic heterocycles. The molecule has 0 rings (SSSR count). The molecule has 4 nitrogen and oxygen atoms in total. The molecule has 0 spiro atoms. The van der Waals surface area contributed by atoms with Gasteiger partial charge in [0.2, 0.25) is 0 Å². The van der Waals surface area contributed by atoms with Gasteiger partial charge in [-0.1, -0.05) is 0 Å². The highest BCUT2D eigenvalue weighted by Crippen LogP contribution is 1.79. The maximum Gasteiger partial charge on any atom is 0.0591 e. The molecule has 88 valence electrons. The molecule has 0 saturated heterocycles. The van der Waals surface area contributed by atoms with E-state index in [0.717, 1.165) is 26.1 Å². The topological polar surface area (TPSA) is 56.5 Å². The molecular weight excluding hydrogens is 192 g/mol. The average Bonchev–Trinajstić information content (AvgIpc) is 2.26. The standard InChI is InChI=1S/C11H22N2O2/c1-2-3-4-8-14-10-6-13-7-11-15-9-5-12/h13H,4-12H2,1H3. The van der Waals surface area contributed by atoms with Gasteiger partial charge in [-0.25, -0.2) is 0 Å². The van der Waals surface area contributed by atoms with Gasteiger partial charge in [0.15, 0.2) is 0 Å². The third-order valence-electron chi connectivity index (χ3n) is 1.66. The van der Waals surface area contributed by atoms with Crippen LogP contribution in [0.15, 0.2) is 0 Å². The van der Waals surface area contributed by atoms with Crippen LogP contribution in [0.5, 0.6) is 0 Å². The monoisotopic (exact) mass is 214 g/mol. The highest BCUT2D eigenvalue weighted by atomic mass is 16.5. The number of hydrogen-bond acceptors (Lipinski definition) is 4. The minimum atomic E-state index is 0.585. The van der Waals surface area contributed by atoms with Crippen molar-refractivity contribution in [3.8, 4) is 11.8 Å². The summed E-state index contributed by atoms with van der Waals surface area (Å²) in [7, 11) is 0. The lowest BCUT2D eigenvalue weighted by atomic mass is 10.4. The summed E-state index contributed by atoms with van der Waals surface area (Å²) >= 11 is 0. The van der Waals surface area contributed by atoms with Crippen LogP contribution in [0.4, 0.5) is 0 Å². The molecular formula is C11H22N2O2. The second kappa shape index (κ2) is 13.4. The summed E-state index contributed by atoms with van der Waals surface area (Å²) < 4.78 is 10.5. The zero-order valence-corrected chi connectivity index (χ0v) is 9.55. The molecule has 3 N–H and O–H groups in total. The van der Waals surface area contributed by atoms with Gasteiger partial charge in [-0.05, 0) is 6.92 Å². The molecule has 0 aromatic rings. The molecule has 0 aliphatic carbocycles. The molecule has 0 fully saturated rings. The van der Waals surface area contributed by atoms with Crippen molar-refractivity contribution in [3.63, 3.8) is 0 Å². The minimum Gasteiger partial charge on any atom is -0.379 e. The van der Waals surface area contributed by atoms with Crippen LogP contribution in [0.25, 0.3) is 0 Å². The van der Waals surface area contributed by atoms with Crippen LogP contribution in [0.3, 0.4) is 0 Å². The largest absolute Gasteiger partial charge is 0.379 e. The zero-order chi connectivity index (χ0) is 11.2. The van der Waals surface area contributed by atoms with Crippen molar-refractivity contribution >= 4 is 0 Å². The van der Waals surface area contributed by atoms with Crippen molar-refractivity contribution in [3.05, 3.63) is 0 Å². The Hall–Kier alpha value is -0.600. The molecule has 0 atom stereocenters. The Balaban J connectivity index is 2.88. The number of nitrogens with one attached hydrogen (secondary N) is 1. The second-order valence-corrected chi connectivity index (χ2v) is 2.94. The molecule has 0 aromatic carbocycles. The van der Waals surface area contributed by atoms with Gasteiger partial charge in [0.25, 0.3) is 0 Å². The first-order valence-electron chi connectivity index (χ1n) is 5.37. The summed E-state index contributed by atoms with van der Waals surface area (Å²) in [5.41, 5.74) is 5.27. The van der Waals surface area contributed by atoms with Gasteiger partial charge < -0.3 is 20.5 Å². The van der Waals surface area contributed by atoms with Crippen LogP contribution in [0, 0.1) is 11.8 Å². The van der Waals surface area contributed by atoms with E-state index in [4.69, 9.17) is 15.2 Å². The normalized spacial score (nSPS) is 9.73. The summed E-state index contributed by atoms with van der Waals surface area (Å²) in [5.74, 6) is 5.77. The summed E-state index contributed by atoms with van der Waals surface area (Å²) in [6, 6.07) is 0. The Morgan fingerprint density at radius 3 is 2.33 bits per heavy atom. The number of nitrogens with two attached hydrogens (primary N) is 1. The van der Waals surface area contributed by atoms with Crippen molar-refractivity contribution in [2.45, 2.75) is 13.3 Å². The van der Waals surface area contributed by atoms with Crippen molar-refractivity contribution in [2.24, 2.45) is 5.73 Å². The highest BCUT2D eigenvalue weighted by Gasteiger charge is 1.89. The lowest BCUT2D eigenvalue weighted by Gasteiger charge is -2.05. The SMILES string of the molecule is CC#CCCOCCNCCOCCN. The predicted octanol–water partition coefficient (Wildman–Crippen LogP) is -0.0187. The molecule has 0 unspecified atom stereocenters. The Kier molecular flexibility index (Phi) is 12.9. The molecule has 0 amide bonds. The van der Waals surface area contributed by atoms with Crippen LogP contribution in [-0.2, 0) is 9.47 Å². The lowest BCUT2D eigenvalue weighted by Crippen LogP contribution is -2.25. The second-order valence-electron chi connectivity index (χ2n) is 2.94. The predicted molar refractivity (Wildman–Crippen MR) is 61.6 cm³/mol. The summed E-state index contributed by atoms with van der Waals surface area (Å²) in [5, 5.41) is 3.21. The number of hydrogen-bond donors (Lipinski definition) is 2. The molecule has 4 heteroatoms. The van der Waals surface area contributed by atoms with Gasteiger partial charge in [0.05, 0.1) is 26.4 Å². The first kappa shape index (κ1) is 14.4. The Morgan fingerprint density at radius 2 is 1.73 bits per heavy atom. The maximum atomic E-state index is 5.34. The summed E-state index contributed by atoms with van der Waals surface area (Å²) in [6.45, 7) is 6.90. The van der Waals surface area contributed by atoms with E-state index in [0.29, 0.717) is 26.4 Å². The lowest BCUT2D eigenvalue weighted by molar-refractivity contribution is 0.127. The average molecular weight is 214 g/mol. The van der Waals surface area contributed by atoms with E-state index in [2.05, 4.69) is 17.2 Å². The van der Waals surface area contributed by atoms with Crippen molar-refractivity contribution in [2.75, 3.05) is 46.1 Å². The van der Waals surface area contributed by atoms with E-state index in [-0.39, 0.29) is 0 Å². The van der Waals surface area contributed by atoms with E-state index in [1.165, 1.54) is 0 Å². The van der Waals surface area contributed by atoms with E-state index >= 15 is 0 Å². The van der Waals surface area contributed by atoms with Crippen molar-refractivity contribution < 1.29 is 9.47 Å². The van der Waals surface area contributed by atoms with Gasteiger partial charge in [-0.2, -0.15) is 0 Å². The molecule has 0 heterocycles. The Bertz CT molecular complexity index is 175. The van der Waals surface area contributed by atoms with Crippen LogP contribution in [0.1, 0.15) is 13.3 Å². The van der Waals surface area contributed by atoms with Crippen LogP contribution in [-0.4, -0.2) is 46.1 Å². The van der Waals surface area contributed by atoms with Crippen LogP contribution in [0.2, 0.25) is 0 Å². The molecule has 0 bridgehead atoms. The zero-order valence-electron chi connectivity index (χ0n) is 9.55. The highest BCUT2D eigenvalue weighted by molar-refractivity contribution is 4.94. The van der Waals surface area contributed by atoms with E-state index in [1.54, 1.807) is 0 Å². The van der Waals surface area contributed by atoms with Crippen LogP contribution >= 0.6 is 0 Å². The maximum absolute atomic E-state index is 5.34. The Morgan fingerprint density at radius 1 is 1.07 bits per heavy atom. The fourth-order valence-electron chi connectivity index (χ4n) is 0.949. The van der Waals surface area contributed by atoms with E-state index in [9.17, 15) is 0 Å². The van der Waals surface area contributed by atoms with Crippen molar-refractivity contribution in [1.82, 2.24) is 5.32 Å². The number of ether oxygens (including phenoxy) is 2. The molecule has 0 aliphatic heterocycles. The fourth-order valence-corrected chi connectivity index (χ4v) is 0.949. The quantitative estimate of drug-likeness (QED) is 0.396. The Labute approximate surface area is 92.5 Å². The van der Waals surface area contributed by atoms with Crippen molar-refractivity contribution in [1.29, 1.82) is 0 Å². The van der Waals surface area contributed by atoms with Crippen LogP contribution < -0.4 is 11.1 Å². The molecule has 15 heavy (non-hydrogen) atoms. The smallest absolute Gasteiger partial charge is 0.0591 e. The van der Waals surface area contributed by atoms with Gasteiger partial charge in [-0.3, -0.25) is 0 Å². The van der Waals surface area contributed by atoms with Gasteiger partial charge >= 0.3 is 0 Å². The van der Waals surface area contributed by atoms with E-state index in [1.807, 2.05) is 6.92 Å². The molecule has 0 radical (unpaired) electrons. The summed E-state index contributed by atoms with van der Waals surface area (Å²) in [6.07, 6.45) is 0.816. The molecule has 0 aliphatic rings. The van der Waals surface area contributed by atoms with Gasteiger partial charge in [0.1, 0.15) is 0 Å². The third-order valence-corrected chi connectivity index (χ3v) is 1.66. The van der Waals surface area contributed by atoms with Gasteiger partial charge in [-0.15, -0.1) is 11.8 Å². The van der Waals surface area contributed by atoms with Gasteiger partial charge in [0, 0.05) is 26.1 Å². The third kappa shape index (κ3) is 13.4. The first-order valence-corrected chi connectivity index (χ1v) is 5.37. The number of rotatable bonds is 10. The fraction of sp³-hybridized carbons (Fsp3) is 0.818. The first-order chi connectivity index (χ1) is 7.41. The molecule has 0 saturated carbocycles. The minimum absolute atomic E-state index is 0.585. The van der Waals surface area contributed by atoms with E-state index < -0.39 is 0 Å². The summed E-state index contributed by atoms with van der Waals surface area (Å²) in [4.78, 5) is 0.